The second kappa shape index (κ2) is 6.97. The molecule has 22 heavy (non-hydrogen) atoms. The maximum Gasteiger partial charge on any atom is 0.270 e. The van der Waals surface area contributed by atoms with Crippen LogP contribution in [0.25, 0.3) is 11.3 Å². The minimum Gasteiger partial charge on any atom is -0.383 e. The van der Waals surface area contributed by atoms with Gasteiger partial charge in [0, 0.05) is 13.7 Å². The fourth-order valence-corrected chi connectivity index (χ4v) is 2.11. The molecule has 0 fully saturated rings. The zero-order valence-electron chi connectivity index (χ0n) is 12.0. The molecule has 0 aliphatic heterocycles. The van der Waals surface area contributed by atoms with Crippen molar-refractivity contribution in [2.24, 2.45) is 5.84 Å². The van der Waals surface area contributed by atoms with Gasteiger partial charge in [-0.2, -0.15) is 0 Å². The number of nitrogens with zero attached hydrogens (tertiary/aromatic N) is 1. The van der Waals surface area contributed by atoms with Crippen molar-refractivity contribution >= 4 is 5.91 Å². The number of benzene rings is 1. The number of amides is 1. The molecule has 1 amide bonds. The fraction of sp³-hybridized carbons (Fsp3) is 0.200. The molecule has 0 unspecified atom stereocenters. The van der Waals surface area contributed by atoms with Crippen LogP contribution in [0.2, 0.25) is 0 Å². The van der Waals surface area contributed by atoms with Gasteiger partial charge in [-0.3, -0.25) is 15.0 Å². The number of carbonyl (C=O) groups excluding carboxylic acids is 1. The Morgan fingerprint density at radius 1 is 1.27 bits per heavy atom. The number of pyridine rings is 1. The Hall–Kier alpha value is -2.51. The van der Waals surface area contributed by atoms with Gasteiger partial charge >= 0.3 is 0 Å². The molecule has 0 bridgehead atoms. The minimum absolute atomic E-state index is 0.0653. The van der Waals surface area contributed by atoms with Gasteiger partial charge in [0.2, 0.25) is 0 Å². The van der Waals surface area contributed by atoms with Crippen LogP contribution in [0.1, 0.15) is 10.4 Å². The van der Waals surface area contributed by atoms with E-state index in [1.807, 2.05) is 5.43 Å². The minimum atomic E-state index is -0.665. The number of ether oxygens (including phenoxy) is 1. The quantitative estimate of drug-likeness (QED) is 0.488. The van der Waals surface area contributed by atoms with E-state index in [1.165, 1.54) is 29.9 Å². The Balaban J connectivity index is 2.58. The number of hydrazine groups is 1. The highest BCUT2D eigenvalue weighted by atomic mass is 19.1. The summed E-state index contributed by atoms with van der Waals surface area (Å²) < 4.78 is 19.4. The van der Waals surface area contributed by atoms with E-state index in [-0.39, 0.29) is 17.9 Å². The van der Waals surface area contributed by atoms with E-state index in [2.05, 4.69) is 0 Å². The summed E-state index contributed by atoms with van der Waals surface area (Å²) in [6.45, 7) is 0.551. The molecule has 1 aromatic heterocycles. The fourth-order valence-electron chi connectivity index (χ4n) is 2.11. The number of hydrogen-bond acceptors (Lipinski definition) is 4. The SMILES string of the molecule is COCCn1c(-c2ccc(F)cc2)ccc(C(=O)NN)c1=O. The van der Waals surface area contributed by atoms with Crippen LogP contribution in [0.15, 0.2) is 41.2 Å². The van der Waals surface area contributed by atoms with Crippen LogP contribution >= 0.6 is 0 Å². The molecule has 6 nitrogen and oxygen atoms in total. The molecule has 2 aromatic rings. The number of nitrogens with two attached hydrogens (primary N) is 1. The molecule has 3 N–H and O–H groups in total. The first kappa shape index (κ1) is 15.9. The van der Waals surface area contributed by atoms with E-state index >= 15 is 0 Å². The lowest BCUT2D eigenvalue weighted by atomic mass is 10.1. The molecular formula is C15H16FN3O3. The standard InChI is InChI=1S/C15H16FN3O3/c1-22-9-8-19-13(10-2-4-11(16)5-3-10)7-6-12(15(19)21)14(20)18-17/h2-7H,8-9,17H2,1H3,(H,18,20). The summed E-state index contributed by atoms with van der Waals surface area (Å²) in [5, 5.41) is 0. The molecule has 1 aromatic carbocycles. The zero-order valence-corrected chi connectivity index (χ0v) is 12.0. The van der Waals surface area contributed by atoms with E-state index in [0.29, 0.717) is 17.9 Å². The summed E-state index contributed by atoms with van der Waals surface area (Å²) >= 11 is 0. The average molecular weight is 305 g/mol. The molecule has 0 spiro atoms. The van der Waals surface area contributed by atoms with E-state index in [0.717, 1.165) is 0 Å². The highest BCUT2D eigenvalue weighted by molar-refractivity contribution is 5.93. The Labute approximate surface area is 126 Å². The summed E-state index contributed by atoms with van der Waals surface area (Å²) in [4.78, 5) is 24.1. The first-order valence-electron chi connectivity index (χ1n) is 6.58. The van der Waals surface area contributed by atoms with Gasteiger partial charge in [-0.15, -0.1) is 0 Å². The first-order chi connectivity index (χ1) is 10.6. The largest absolute Gasteiger partial charge is 0.383 e. The maximum absolute atomic E-state index is 13.0. The van der Waals surface area contributed by atoms with Gasteiger partial charge in [0.1, 0.15) is 11.4 Å². The number of methoxy groups -OCH3 is 1. The zero-order chi connectivity index (χ0) is 16.1. The van der Waals surface area contributed by atoms with Crippen LogP contribution in [0.5, 0.6) is 0 Å². The van der Waals surface area contributed by atoms with Crippen LogP contribution in [0, 0.1) is 5.82 Å². The van der Waals surface area contributed by atoms with Crippen molar-refractivity contribution in [3.63, 3.8) is 0 Å². The highest BCUT2D eigenvalue weighted by Gasteiger charge is 2.15. The molecule has 7 heteroatoms. The number of rotatable bonds is 5. The number of nitrogens with one attached hydrogen (secondary N) is 1. The van der Waals surface area contributed by atoms with E-state index in [1.54, 1.807) is 18.2 Å². The van der Waals surface area contributed by atoms with E-state index in [9.17, 15) is 14.0 Å². The molecule has 1 heterocycles. The van der Waals surface area contributed by atoms with Crippen molar-refractivity contribution in [1.82, 2.24) is 9.99 Å². The summed E-state index contributed by atoms with van der Waals surface area (Å²) in [5.74, 6) is 4.04. The smallest absolute Gasteiger partial charge is 0.270 e. The lowest BCUT2D eigenvalue weighted by molar-refractivity contribution is 0.0951. The third-order valence-corrected chi connectivity index (χ3v) is 3.21. The number of nitrogen functional groups attached to an aromatic ring is 1. The van der Waals surface area contributed by atoms with Crippen molar-refractivity contribution in [2.75, 3.05) is 13.7 Å². The highest BCUT2D eigenvalue weighted by Crippen LogP contribution is 2.19. The molecule has 116 valence electrons. The molecule has 2 rings (SSSR count). The van der Waals surface area contributed by atoms with Crippen molar-refractivity contribution < 1.29 is 13.9 Å². The Bertz CT molecular complexity index is 726. The van der Waals surface area contributed by atoms with Crippen molar-refractivity contribution in [1.29, 1.82) is 0 Å². The van der Waals surface area contributed by atoms with E-state index in [4.69, 9.17) is 10.6 Å². The lowest BCUT2D eigenvalue weighted by Crippen LogP contribution is -2.37. The molecule has 0 radical (unpaired) electrons. The van der Waals surface area contributed by atoms with Crippen LogP contribution in [-0.4, -0.2) is 24.2 Å². The van der Waals surface area contributed by atoms with Crippen LogP contribution in [-0.2, 0) is 11.3 Å². The first-order valence-corrected chi connectivity index (χ1v) is 6.58. The Morgan fingerprint density at radius 3 is 2.55 bits per heavy atom. The Kier molecular flexibility index (Phi) is 5.03. The molecular weight excluding hydrogens is 289 g/mol. The van der Waals surface area contributed by atoms with Gasteiger partial charge in [-0.1, -0.05) is 0 Å². The third kappa shape index (κ3) is 3.21. The van der Waals surface area contributed by atoms with Gasteiger partial charge in [0.25, 0.3) is 11.5 Å². The molecule has 0 aliphatic carbocycles. The predicted molar refractivity (Wildman–Crippen MR) is 79.6 cm³/mol. The van der Waals surface area contributed by atoms with Crippen molar-refractivity contribution in [2.45, 2.75) is 6.54 Å². The lowest BCUT2D eigenvalue weighted by Gasteiger charge is -2.14. The maximum atomic E-state index is 13.0. The molecule has 0 saturated heterocycles. The third-order valence-electron chi connectivity index (χ3n) is 3.21. The second-order valence-corrected chi connectivity index (χ2v) is 4.56. The van der Waals surface area contributed by atoms with Gasteiger partial charge in [0.05, 0.1) is 12.3 Å². The summed E-state index contributed by atoms with van der Waals surface area (Å²) in [6, 6.07) is 8.76. The monoisotopic (exact) mass is 305 g/mol. The van der Waals surface area contributed by atoms with Gasteiger partial charge in [0.15, 0.2) is 0 Å². The topological polar surface area (TPSA) is 86.3 Å². The predicted octanol–water partition coefficient (Wildman–Crippen LogP) is 0.904. The molecule has 0 atom stereocenters. The number of carbonyl (C=O) groups is 1. The second-order valence-electron chi connectivity index (χ2n) is 4.56. The summed E-state index contributed by atoms with van der Waals surface area (Å²) in [7, 11) is 1.51. The Morgan fingerprint density at radius 2 is 1.95 bits per heavy atom. The van der Waals surface area contributed by atoms with Gasteiger partial charge in [-0.25, -0.2) is 10.2 Å². The van der Waals surface area contributed by atoms with Crippen molar-refractivity contribution in [3.05, 3.63) is 58.1 Å². The van der Waals surface area contributed by atoms with Gasteiger partial charge < -0.3 is 9.30 Å². The van der Waals surface area contributed by atoms with Crippen LogP contribution in [0.4, 0.5) is 4.39 Å². The summed E-state index contributed by atoms with van der Waals surface area (Å²) in [6.07, 6.45) is 0. The number of hydrogen-bond donors (Lipinski definition) is 2. The molecule has 0 aliphatic rings. The number of halogens is 1. The van der Waals surface area contributed by atoms with Crippen LogP contribution < -0.4 is 16.8 Å². The van der Waals surface area contributed by atoms with Gasteiger partial charge in [-0.05, 0) is 42.0 Å². The van der Waals surface area contributed by atoms with Crippen molar-refractivity contribution in [3.8, 4) is 11.3 Å². The normalized spacial score (nSPS) is 10.5. The number of aromatic nitrogens is 1. The van der Waals surface area contributed by atoms with E-state index < -0.39 is 11.5 Å². The summed E-state index contributed by atoms with van der Waals surface area (Å²) in [5.41, 5.74) is 2.62. The molecule has 0 saturated carbocycles. The van der Waals surface area contributed by atoms with Crippen LogP contribution in [0.3, 0.4) is 0 Å². The average Bonchev–Trinajstić information content (AvgIpc) is 2.53.